The van der Waals surface area contributed by atoms with Crippen LogP contribution in [0.5, 0.6) is 0 Å². The molecular formula is C23H20FN3O6. The highest BCUT2D eigenvalue weighted by Crippen LogP contribution is 2.40. The predicted octanol–water partition coefficient (Wildman–Crippen LogP) is 2.29. The number of pyridine rings is 2. The first kappa shape index (κ1) is 21.1. The van der Waals surface area contributed by atoms with Crippen molar-refractivity contribution in [3.63, 3.8) is 0 Å². The number of nitrogens with one attached hydrogen (secondary N) is 1. The number of aryl methyl sites for hydroxylation is 1. The summed E-state index contributed by atoms with van der Waals surface area (Å²) in [6.07, 6.45) is -1.21. The van der Waals surface area contributed by atoms with Crippen molar-refractivity contribution in [3.8, 4) is 11.4 Å². The molecule has 0 aliphatic carbocycles. The molecule has 10 heteroatoms. The molecule has 9 nitrogen and oxygen atoms in total. The zero-order valence-corrected chi connectivity index (χ0v) is 17.9. The van der Waals surface area contributed by atoms with Gasteiger partial charge in [0, 0.05) is 29.1 Å². The second-order valence-electron chi connectivity index (χ2n) is 8.30. The number of rotatable bonds is 3. The Hall–Kier alpha value is -3.79. The Balaban J connectivity index is 1.81. The van der Waals surface area contributed by atoms with Crippen molar-refractivity contribution in [1.82, 2.24) is 14.9 Å². The first-order valence-corrected chi connectivity index (χ1v) is 10.4. The molecule has 0 bridgehead atoms. The molecule has 3 aromatic rings. The van der Waals surface area contributed by atoms with Crippen LogP contribution in [0.15, 0.2) is 23.0 Å². The van der Waals surface area contributed by atoms with E-state index in [1.165, 1.54) is 10.6 Å². The van der Waals surface area contributed by atoms with E-state index in [0.717, 1.165) is 0 Å². The van der Waals surface area contributed by atoms with Crippen molar-refractivity contribution in [2.24, 2.45) is 0 Å². The summed E-state index contributed by atoms with van der Waals surface area (Å²) in [6, 6.07) is 4.44. The van der Waals surface area contributed by atoms with Crippen LogP contribution in [0.25, 0.3) is 22.3 Å². The average Bonchev–Trinajstić information content (AvgIpc) is 3.14. The Morgan fingerprint density at radius 2 is 2.06 bits per heavy atom. The minimum absolute atomic E-state index is 0.0119. The summed E-state index contributed by atoms with van der Waals surface area (Å²) in [6.45, 7) is 3.02. The molecule has 170 valence electrons. The fourth-order valence-corrected chi connectivity index (χ4v) is 4.66. The van der Waals surface area contributed by atoms with Crippen LogP contribution in [0, 0.1) is 12.7 Å². The zero-order valence-electron chi connectivity index (χ0n) is 17.9. The molecule has 0 unspecified atom stereocenters. The molecule has 0 fully saturated rings. The number of aromatic nitrogens is 2. The van der Waals surface area contributed by atoms with E-state index in [1.807, 2.05) is 0 Å². The van der Waals surface area contributed by atoms with Gasteiger partial charge in [-0.25, -0.2) is 19.0 Å². The standard InChI is InChI=1S/C23H20FN3O6/c1-3-23(32)15-5-18-19-13(8-27(18)20(28)14(15)9-33-21(23)29)12(7-25-22(30)31)11-4-10(2)16(24)6-17(11)26-19/h4-6,25,32H,3,7-9H2,1-2H3,(H,30,31)/t23-/m0/s1. The lowest BCUT2D eigenvalue weighted by Gasteiger charge is -2.31. The molecule has 0 spiro atoms. The number of aliphatic hydroxyl groups is 1. The second kappa shape index (κ2) is 7.11. The lowest BCUT2D eigenvalue weighted by molar-refractivity contribution is -0.172. The van der Waals surface area contributed by atoms with Crippen LogP contribution in [0.2, 0.25) is 0 Å². The van der Waals surface area contributed by atoms with Gasteiger partial charge in [-0.15, -0.1) is 0 Å². The van der Waals surface area contributed by atoms with Gasteiger partial charge in [0.2, 0.25) is 0 Å². The number of carbonyl (C=O) groups excluding carboxylic acids is 1. The quantitative estimate of drug-likeness (QED) is 0.406. The third kappa shape index (κ3) is 2.94. The smallest absolute Gasteiger partial charge is 0.404 e. The Kier molecular flexibility index (Phi) is 4.54. The molecule has 0 saturated carbocycles. The van der Waals surface area contributed by atoms with Crippen LogP contribution in [-0.2, 0) is 34.8 Å². The first-order chi connectivity index (χ1) is 15.7. The topological polar surface area (TPSA) is 131 Å². The lowest BCUT2D eigenvalue weighted by Crippen LogP contribution is -2.44. The minimum Gasteiger partial charge on any atom is -0.465 e. The molecule has 33 heavy (non-hydrogen) atoms. The van der Waals surface area contributed by atoms with Crippen LogP contribution in [0.1, 0.15) is 41.2 Å². The van der Waals surface area contributed by atoms with Gasteiger partial charge in [-0.3, -0.25) is 4.79 Å². The summed E-state index contributed by atoms with van der Waals surface area (Å²) in [5.74, 6) is -1.29. The third-order valence-corrected chi connectivity index (χ3v) is 6.50. The fraction of sp³-hybridized carbons (Fsp3) is 0.304. The van der Waals surface area contributed by atoms with Crippen molar-refractivity contribution < 1.29 is 28.9 Å². The normalized spacial score (nSPS) is 18.5. The minimum atomic E-state index is -1.96. The maximum absolute atomic E-state index is 14.3. The monoisotopic (exact) mass is 453 g/mol. The molecule has 1 atom stereocenters. The second-order valence-corrected chi connectivity index (χ2v) is 8.30. The molecule has 2 aliphatic rings. The van der Waals surface area contributed by atoms with E-state index in [1.54, 1.807) is 26.0 Å². The van der Waals surface area contributed by atoms with Crippen LogP contribution < -0.4 is 10.9 Å². The highest BCUT2D eigenvalue weighted by atomic mass is 19.1. The van der Waals surface area contributed by atoms with Crippen molar-refractivity contribution in [2.75, 3.05) is 0 Å². The number of fused-ring (bicyclic) bond motifs is 5. The van der Waals surface area contributed by atoms with Crippen LogP contribution in [0.3, 0.4) is 0 Å². The molecule has 3 N–H and O–H groups in total. The van der Waals surface area contributed by atoms with Gasteiger partial charge in [0.1, 0.15) is 12.4 Å². The number of benzene rings is 1. The molecule has 1 amide bonds. The van der Waals surface area contributed by atoms with Crippen LogP contribution in [0.4, 0.5) is 9.18 Å². The van der Waals surface area contributed by atoms with E-state index in [2.05, 4.69) is 10.3 Å². The maximum Gasteiger partial charge on any atom is 0.404 e. The van der Waals surface area contributed by atoms with Crippen LogP contribution in [-0.4, -0.2) is 31.8 Å². The largest absolute Gasteiger partial charge is 0.465 e. The van der Waals surface area contributed by atoms with Crippen molar-refractivity contribution in [2.45, 2.75) is 45.6 Å². The molecule has 5 rings (SSSR count). The third-order valence-electron chi connectivity index (χ3n) is 6.50. The molecule has 1 aromatic carbocycles. The number of hydrogen-bond donors (Lipinski definition) is 3. The van der Waals surface area contributed by atoms with Crippen molar-refractivity contribution in [1.29, 1.82) is 0 Å². The van der Waals surface area contributed by atoms with E-state index < -0.39 is 29.0 Å². The summed E-state index contributed by atoms with van der Waals surface area (Å²) < 4.78 is 20.9. The van der Waals surface area contributed by atoms with E-state index >= 15 is 0 Å². The maximum atomic E-state index is 14.3. The first-order valence-electron chi connectivity index (χ1n) is 10.4. The molecule has 0 radical (unpaired) electrons. The summed E-state index contributed by atoms with van der Waals surface area (Å²) in [5.41, 5.74) is 0.617. The Morgan fingerprint density at radius 1 is 1.30 bits per heavy atom. The Morgan fingerprint density at radius 3 is 2.76 bits per heavy atom. The number of halogens is 1. The van der Waals surface area contributed by atoms with Gasteiger partial charge in [0.05, 0.1) is 29.0 Å². The molecular weight excluding hydrogens is 433 g/mol. The number of nitrogens with zero attached hydrogens (tertiary/aromatic N) is 2. The summed E-state index contributed by atoms with van der Waals surface area (Å²) in [5, 5.41) is 23.0. The SMILES string of the molecule is CC[C@@]1(O)C(=O)OCc2c1cc1n(c2=O)Cc2c-1nc1cc(F)c(C)cc1c2CNC(=O)O. The molecule has 2 aromatic heterocycles. The van der Waals surface area contributed by atoms with Gasteiger partial charge in [-0.05, 0) is 36.6 Å². The van der Waals surface area contributed by atoms with Gasteiger partial charge in [0.15, 0.2) is 5.60 Å². The summed E-state index contributed by atoms with van der Waals surface area (Å²) in [7, 11) is 0. The lowest BCUT2D eigenvalue weighted by atomic mass is 9.86. The number of carbonyl (C=O) groups is 2. The zero-order chi connectivity index (χ0) is 23.7. The molecule has 2 aliphatic heterocycles. The number of hydrogen-bond acceptors (Lipinski definition) is 6. The number of esters is 1. The molecule has 0 saturated heterocycles. The number of ether oxygens (including phenoxy) is 1. The van der Waals surface area contributed by atoms with Gasteiger partial charge in [-0.1, -0.05) is 6.92 Å². The van der Waals surface area contributed by atoms with E-state index in [4.69, 9.17) is 9.84 Å². The van der Waals surface area contributed by atoms with E-state index in [-0.39, 0.29) is 37.2 Å². The summed E-state index contributed by atoms with van der Waals surface area (Å²) >= 11 is 0. The van der Waals surface area contributed by atoms with Gasteiger partial charge >= 0.3 is 12.1 Å². The fourth-order valence-electron chi connectivity index (χ4n) is 4.66. The number of amides is 1. The molecule has 4 heterocycles. The Bertz CT molecular complexity index is 1450. The van der Waals surface area contributed by atoms with Gasteiger partial charge < -0.3 is 24.8 Å². The average molecular weight is 453 g/mol. The Labute approximate surface area is 186 Å². The van der Waals surface area contributed by atoms with Crippen molar-refractivity contribution in [3.05, 3.63) is 62.2 Å². The summed E-state index contributed by atoms with van der Waals surface area (Å²) in [4.78, 5) is 41.4. The highest BCUT2D eigenvalue weighted by Gasteiger charge is 2.45. The van der Waals surface area contributed by atoms with Crippen molar-refractivity contribution >= 4 is 23.0 Å². The van der Waals surface area contributed by atoms with Gasteiger partial charge in [-0.2, -0.15) is 0 Å². The van der Waals surface area contributed by atoms with E-state index in [0.29, 0.717) is 39.0 Å². The predicted molar refractivity (Wildman–Crippen MR) is 114 cm³/mol. The number of cyclic esters (lactones) is 1. The number of carboxylic acid groups (broad SMARTS) is 1. The van der Waals surface area contributed by atoms with E-state index in [9.17, 15) is 23.9 Å². The van der Waals surface area contributed by atoms with Gasteiger partial charge in [0.25, 0.3) is 5.56 Å². The van der Waals surface area contributed by atoms with Crippen LogP contribution >= 0.6 is 0 Å². The highest BCUT2D eigenvalue weighted by molar-refractivity contribution is 5.89.